The Morgan fingerprint density at radius 2 is 1.62 bits per heavy atom. The Balaban J connectivity index is 1.74. The van der Waals surface area contributed by atoms with Gasteiger partial charge in [-0.15, -0.1) is 4.83 Å². The summed E-state index contributed by atoms with van der Waals surface area (Å²) in [6.07, 6.45) is 1.90. The fraction of sp³-hybridized carbons (Fsp3) is 0.158. The fourth-order valence-electron chi connectivity index (χ4n) is 3.25. The van der Waals surface area contributed by atoms with E-state index in [1.165, 1.54) is 5.56 Å². The number of nitrogens with one attached hydrogen (secondary N) is 1. The summed E-state index contributed by atoms with van der Waals surface area (Å²) in [5.74, 6) is 0. The topological polar surface area (TPSA) is 49.4 Å². The SMILES string of the molecule is O=S(=O)(NN1CCCc2ccccc21)c1cccc2ccccc12. The molecule has 24 heavy (non-hydrogen) atoms. The molecule has 1 aliphatic rings. The Labute approximate surface area is 141 Å². The molecule has 0 saturated heterocycles. The molecular formula is C19H18N2O2S. The van der Waals surface area contributed by atoms with E-state index in [4.69, 9.17) is 0 Å². The second-order valence-corrected chi connectivity index (χ2v) is 7.59. The zero-order valence-electron chi connectivity index (χ0n) is 13.1. The van der Waals surface area contributed by atoms with Crippen LogP contribution in [0.2, 0.25) is 0 Å². The van der Waals surface area contributed by atoms with Gasteiger partial charge in [-0.25, -0.2) is 8.42 Å². The van der Waals surface area contributed by atoms with Crippen LogP contribution in [-0.4, -0.2) is 15.0 Å². The molecule has 0 radical (unpaired) electrons. The summed E-state index contributed by atoms with van der Waals surface area (Å²) in [7, 11) is -3.65. The van der Waals surface area contributed by atoms with Crippen LogP contribution in [0.4, 0.5) is 5.69 Å². The lowest BCUT2D eigenvalue weighted by Crippen LogP contribution is -2.45. The van der Waals surface area contributed by atoms with E-state index in [0.29, 0.717) is 11.4 Å². The number of sulfonamides is 1. The van der Waals surface area contributed by atoms with Crippen molar-refractivity contribution in [2.24, 2.45) is 0 Å². The Morgan fingerprint density at radius 1 is 0.875 bits per heavy atom. The van der Waals surface area contributed by atoms with Crippen molar-refractivity contribution in [3.8, 4) is 0 Å². The monoisotopic (exact) mass is 338 g/mol. The molecule has 3 aromatic rings. The maximum absolute atomic E-state index is 13.0. The Morgan fingerprint density at radius 3 is 2.54 bits per heavy atom. The molecule has 5 heteroatoms. The van der Waals surface area contributed by atoms with E-state index in [1.807, 2.05) is 54.6 Å². The maximum Gasteiger partial charge on any atom is 0.258 e. The van der Waals surface area contributed by atoms with Crippen molar-refractivity contribution in [1.82, 2.24) is 4.83 Å². The Kier molecular flexibility index (Phi) is 3.75. The highest BCUT2D eigenvalue weighted by Crippen LogP contribution is 2.27. The Hall–Kier alpha value is -2.37. The van der Waals surface area contributed by atoms with Crippen molar-refractivity contribution >= 4 is 26.5 Å². The largest absolute Gasteiger partial charge is 0.294 e. The molecule has 0 unspecified atom stereocenters. The van der Waals surface area contributed by atoms with Gasteiger partial charge in [-0.05, 0) is 35.9 Å². The summed E-state index contributed by atoms with van der Waals surface area (Å²) < 4.78 is 25.9. The van der Waals surface area contributed by atoms with Gasteiger partial charge in [0.05, 0.1) is 10.6 Å². The number of para-hydroxylation sites is 1. The van der Waals surface area contributed by atoms with E-state index >= 15 is 0 Å². The predicted octanol–water partition coefficient (Wildman–Crippen LogP) is 3.49. The molecule has 122 valence electrons. The van der Waals surface area contributed by atoms with Gasteiger partial charge in [0.1, 0.15) is 0 Å². The lowest BCUT2D eigenvalue weighted by atomic mass is 10.0. The van der Waals surface area contributed by atoms with Gasteiger partial charge in [0.15, 0.2) is 0 Å². The van der Waals surface area contributed by atoms with Crippen molar-refractivity contribution in [1.29, 1.82) is 0 Å². The van der Waals surface area contributed by atoms with Gasteiger partial charge in [-0.1, -0.05) is 54.6 Å². The number of hydrazine groups is 1. The number of anilines is 1. The van der Waals surface area contributed by atoms with Crippen LogP contribution in [0.25, 0.3) is 10.8 Å². The highest BCUT2D eigenvalue weighted by atomic mass is 32.2. The minimum absolute atomic E-state index is 0.309. The first-order valence-corrected chi connectivity index (χ1v) is 9.49. The Bertz CT molecular complexity index is 994. The minimum atomic E-state index is -3.65. The van der Waals surface area contributed by atoms with Gasteiger partial charge in [0, 0.05) is 11.9 Å². The van der Waals surface area contributed by atoms with Crippen molar-refractivity contribution in [3.05, 3.63) is 72.3 Å². The van der Waals surface area contributed by atoms with Crippen LogP contribution >= 0.6 is 0 Å². The van der Waals surface area contributed by atoms with Crippen LogP contribution in [0.1, 0.15) is 12.0 Å². The van der Waals surface area contributed by atoms with E-state index in [2.05, 4.69) is 4.83 Å². The van der Waals surface area contributed by atoms with E-state index in [1.54, 1.807) is 17.1 Å². The second kappa shape index (κ2) is 5.92. The lowest BCUT2D eigenvalue weighted by molar-refractivity contribution is 0.569. The van der Waals surface area contributed by atoms with Crippen LogP contribution in [0, 0.1) is 0 Å². The van der Waals surface area contributed by atoms with Crippen molar-refractivity contribution in [2.45, 2.75) is 17.7 Å². The number of rotatable bonds is 3. The van der Waals surface area contributed by atoms with Gasteiger partial charge >= 0.3 is 0 Å². The number of hydrogen-bond donors (Lipinski definition) is 1. The van der Waals surface area contributed by atoms with Gasteiger partial charge in [-0.3, -0.25) is 5.01 Å². The summed E-state index contributed by atoms with van der Waals surface area (Å²) >= 11 is 0. The molecule has 4 nitrogen and oxygen atoms in total. The van der Waals surface area contributed by atoms with Crippen LogP contribution < -0.4 is 9.84 Å². The van der Waals surface area contributed by atoms with E-state index in [9.17, 15) is 8.42 Å². The molecule has 0 aromatic heterocycles. The van der Waals surface area contributed by atoms with Crippen LogP contribution in [0.5, 0.6) is 0 Å². The molecule has 1 heterocycles. The molecule has 0 spiro atoms. The predicted molar refractivity (Wildman–Crippen MR) is 96.4 cm³/mol. The standard InChI is InChI=1S/C19H18N2O2S/c22-24(23,19-13-5-9-15-7-1-3-11-17(15)19)20-21-14-6-10-16-8-2-4-12-18(16)21/h1-5,7-9,11-13,20H,6,10,14H2. The number of benzene rings is 3. The minimum Gasteiger partial charge on any atom is -0.294 e. The lowest BCUT2D eigenvalue weighted by Gasteiger charge is -2.31. The third kappa shape index (κ3) is 2.66. The molecule has 0 bridgehead atoms. The van der Waals surface area contributed by atoms with Crippen LogP contribution in [0.15, 0.2) is 71.6 Å². The summed E-state index contributed by atoms with van der Waals surface area (Å²) in [4.78, 5) is 3.07. The van der Waals surface area contributed by atoms with Crippen molar-refractivity contribution < 1.29 is 8.42 Å². The highest BCUT2D eigenvalue weighted by molar-refractivity contribution is 7.89. The van der Waals surface area contributed by atoms with Gasteiger partial charge in [0.25, 0.3) is 10.0 Å². The highest BCUT2D eigenvalue weighted by Gasteiger charge is 2.24. The third-order valence-electron chi connectivity index (χ3n) is 4.38. The molecule has 1 aliphatic heterocycles. The van der Waals surface area contributed by atoms with E-state index in [0.717, 1.165) is 29.3 Å². The summed E-state index contributed by atoms with van der Waals surface area (Å²) in [5.41, 5.74) is 2.11. The van der Waals surface area contributed by atoms with Crippen LogP contribution in [0.3, 0.4) is 0 Å². The van der Waals surface area contributed by atoms with Crippen molar-refractivity contribution in [3.63, 3.8) is 0 Å². The zero-order chi connectivity index (χ0) is 16.6. The van der Waals surface area contributed by atoms with Crippen LogP contribution in [-0.2, 0) is 16.4 Å². The second-order valence-electron chi connectivity index (χ2n) is 5.96. The average molecular weight is 338 g/mol. The first-order chi connectivity index (χ1) is 11.6. The number of aryl methyl sites for hydroxylation is 1. The van der Waals surface area contributed by atoms with Gasteiger partial charge < -0.3 is 0 Å². The first kappa shape index (κ1) is 15.2. The normalized spacial score (nSPS) is 14.6. The smallest absolute Gasteiger partial charge is 0.258 e. The fourth-order valence-corrected chi connectivity index (χ4v) is 4.56. The molecule has 0 amide bonds. The molecular weight excluding hydrogens is 320 g/mol. The zero-order valence-corrected chi connectivity index (χ0v) is 14.0. The molecule has 3 aromatic carbocycles. The molecule has 0 fully saturated rings. The molecule has 0 saturated carbocycles. The van der Waals surface area contributed by atoms with Crippen molar-refractivity contribution in [2.75, 3.05) is 11.6 Å². The first-order valence-electron chi connectivity index (χ1n) is 8.01. The average Bonchev–Trinajstić information content (AvgIpc) is 2.61. The quantitative estimate of drug-likeness (QED) is 0.795. The summed E-state index contributed by atoms with van der Waals surface area (Å²) in [6.45, 7) is 0.668. The number of fused-ring (bicyclic) bond motifs is 2. The van der Waals surface area contributed by atoms with E-state index < -0.39 is 10.0 Å². The number of nitrogens with zero attached hydrogens (tertiary/aromatic N) is 1. The van der Waals surface area contributed by atoms with Gasteiger partial charge in [-0.2, -0.15) is 0 Å². The maximum atomic E-state index is 13.0. The molecule has 0 atom stereocenters. The van der Waals surface area contributed by atoms with Gasteiger partial charge in [0.2, 0.25) is 0 Å². The summed E-state index contributed by atoms with van der Waals surface area (Å²) in [5, 5.41) is 3.40. The molecule has 1 N–H and O–H groups in total. The van der Waals surface area contributed by atoms with E-state index in [-0.39, 0.29) is 0 Å². The molecule has 4 rings (SSSR count). The number of hydrogen-bond acceptors (Lipinski definition) is 3. The summed E-state index contributed by atoms with van der Waals surface area (Å²) in [6, 6.07) is 20.8. The molecule has 0 aliphatic carbocycles. The third-order valence-corrected chi connectivity index (χ3v) is 5.78.